The minimum absolute atomic E-state index is 0.101. The Morgan fingerprint density at radius 1 is 1.36 bits per heavy atom. The van der Waals surface area contributed by atoms with E-state index in [1.54, 1.807) is 0 Å². The second-order valence-corrected chi connectivity index (χ2v) is 3.46. The van der Waals surface area contributed by atoms with Crippen LogP contribution in [0.1, 0.15) is 18.9 Å². The van der Waals surface area contributed by atoms with Gasteiger partial charge in [0.25, 0.3) is 0 Å². The van der Waals surface area contributed by atoms with Crippen molar-refractivity contribution in [3.63, 3.8) is 0 Å². The van der Waals surface area contributed by atoms with Gasteiger partial charge in [0.2, 0.25) is 5.91 Å². The highest BCUT2D eigenvalue weighted by molar-refractivity contribution is 5.81. The highest BCUT2D eigenvalue weighted by Crippen LogP contribution is 2.16. The van der Waals surface area contributed by atoms with Crippen LogP contribution in [-0.4, -0.2) is 12.5 Å². The minimum Gasteiger partial charge on any atom is -0.285 e. The van der Waals surface area contributed by atoms with E-state index in [2.05, 4.69) is 24.5 Å². The molecule has 1 fully saturated rings. The summed E-state index contributed by atoms with van der Waals surface area (Å²) < 4.78 is 0. The predicted molar refractivity (Wildman–Crippen MR) is 55.9 cm³/mol. The number of amides is 1. The van der Waals surface area contributed by atoms with Crippen LogP contribution in [0.3, 0.4) is 0 Å². The second kappa shape index (κ2) is 3.70. The molecule has 0 bridgehead atoms. The summed E-state index contributed by atoms with van der Waals surface area (Å²) in [6.07, 6.45) is 1.64. The summed E-state index contributed by atoms with van der Waals surface area (Å²) in [7, 11) is 0. The summed E-state index contributed by atoms with van der Waals surface area (Å²) in [6.45, 7) is 2.90. The van der Waals surface area contributed by atoms with Crippen LogP contribution in [0.5, 0.6) is 0 Å². The lowest BCUT2D eigenvalue weighted by molar-refractivity contribution is -0.119. The van der Waals surface area contributed by atoms with E-state index in [-0.39, 0.29) is 5.91 Å². The van der Waals surface area contributed by atoms with E-state index < -0.39 is 0 Å². The molecule has 0 aliphatic carbocycles. The maximum absolute atomic E-state index is 11.0. The molecule has 0 unspecified atom stereocenters. The van der Waals surface area contributed by atoms with Crippen molar-refractivity contribution in [1.29, 1.82) is 0 Å². The Morgan fingerprint density at radius 2 is 2.07 bits per heavy atom. The fourth-order valence-corrected chi connectivity index (χ4v) is 1.58. The van der Waals surface area contributed by atoms with Gasteiger partial charge in [-0.15, -0.1) is 0 Å². The Morgan fingerprint density at radius 3 is 2.57 bits per heavy atom. The van der Waals surface area contributed by atoms with Gasteiger partial charge in [0.05, 0.1) is 5.69 Å². The monoisotopic (exact) mass is 190 g/mol. The molecule has 0 aromatic heterocycles. The predicted octanol–water partition coefficient (Wildman–Crippen LogP) is 1.49. The third-order valence-electron chi connectivity index (χ3n) is 2.48. The molecule has 3 heteroatoms. The Hall–Kier alpha value is -1.51. The van der Waals surface area contributed by atoms with Crippen molar-refractivity contribution in [2.75, 3.05) is 11.6 Å². The van der Waals surface area contributed by atoms with E-state index >= 15 is 0 Å². The quantitative estimate of drug-likeness (QED) is 0.766. The summed E-state index contributed by atoms with van der Waals surface area (Å²) in [5.74, 6) is 0.101. The maximum Gasteiger partial charge on any atom is 0.240 e. The average Bonchev–Trinajstić information content (AvgIpc) is 2.65. The molecule has 1 N–H and O–H groups in total. The number of hydrogen-bond acceptors (Lipinski definition) is 2. The molecular formula is C11H14N2O. The van der Waals surface area contributed by atoms with Crippen LogP contribution in [0.15, 0.2) is 24.3 Å². The topological polar surface area (TPSA) is 32.3 Å². The lowest BCUT2D eigenvalue weighted by atomic mass is 10.1. The van der Waals surface area contributed by atoms with Gasteiger partial charge in [-0.1, -0.05) is 19.1 Å². The van der Waals surface area contributed by atoms with Crippen molar-refractivity contribution in [1.82, 2.24) is 5.43 Å². The number of carbonyl (C=O) groups is 1. The van der Waals surface area contributed by atoms with Gasteiger partial charge in [0, 0.05) is 13.0 Å². The zero-order valence-electron chi connectivity index (χ0n) is 8.29. The number of hydrogen-bond donors (Lipinski definition) is 1. The Labute approximate surface area is 83.7 Å². The van der Waals surface area contributed by atoms with Crippen molar-refractivity contribution < 1.29 is 4.79 Å². The lowest BCUT2D eigenvalue weighted by Crippen LogP contribution is -2.32. The first kappa shape index (κ1) is 9.06. The zero-order chi connectivity index (χ0) is 9.97. The van der Waals surface area contributed by atoms with Gasteiger partial charge in [0.15, 0.2) is 0 Å². The highest BCUT2D eigenvalue weighted by Gasteiger charge is 2.17. The molecule has 1 aliphatic rings. The Kier molecular flexibility index (Phi) is 2.39. The van der Waals surface area contributed by atoms with Crippen LogP contribution in [0.4, 0.5) is 5.69 Å². The maximum atomic E-state index is 11.0. The molecule has 1 aromatic carbocycles. The first-order valence-electron chi connectivity index (χ1n) is 4.95. The second-order valence-electron chi connectivity index (χ2n) is 3.46. The number of carbonyl (C=O) groups excluding carboxylic acids is 1. The van der Waals surface area contributed by atoms with Crippen molar-refractivity contribution in [2.24, 2.45) is 0 Å². The molecular weight excluding hydrogens is 176 g/mol. The largest absolute Gasteiger partial charge is 0.285 e. The molecule has 0 saturated carbocycles. The summed E-state index contributed by atoms with van der Waals surface area (Å²) in [5, 5.41) is 1.89. The number of benzene rings is 1. The zero-order valence-corrected chi connectivity index (χ0v) is 8.29. The Bertz CT molecular complexity index is 332. The fraction of sp³-hybridized carbons (Fsp3) is 0.364. The number of aryl methyl sites for hydroxylation is 1. The first-order valence-corrected chi connectivity index (χ1v) is 4.95. The molecule has 3 nitrogen and oxygen atoms in total. The molecule has 0 atom stereocenters. The molecule has 2 rings (SSSR count). The van der Waals surface area contributed by atoms with Crippen LogP contribution >= 0.6 is 0 Å². The van der Waals surface area contributed by atoms with Gasteiger partial charge in [-0.05, 0) is 24.1 Å². The van der Waals surface area contributed by atoms with Gasteiger partial charge in [-0.2, -0.15) is 0 Å². The fourth-order valence-electron chi connectivity index (χ4n) is 1.58. The summed E-state index contributed by atoms with van der Waals surface area (Å²) in [5.41, 5.74) is 5.18. The van der Waals surface area contributed by atoms with E-state index in [1.807, 2.05) is 17.1 Å². The van der Waals surface area contributed by atoms with Gasteiger partial charge < -0.3 is 0 Å². The van der Waals surface area contributed by atoms with Gasteiger partial charge in [-0.25, -0.2) is 0 Å². The normalized spacial score (nSPS) is 15.8. The number of nitrogens with zero attached hydrogens (tertiary/aromatic N) is 1. The SMILES string of the molecule is CCc1ccc(N2CCC(=O)N2)cc1. The van der Waals surface area contributed by atoms with E-state index in [9.17, 15) is 4.79 Å². The number of hydrazine groups is 1. The van der Waals surface area contributed by atoms with Crippen molar-refractivity contribution in [3.05, 3.63) is 29.8 Å². The van der Waals surface area contributed by atoms with E-state index in [0.717, 1.165) is 18.7 Å². The van der Waals surface area contributed by atoms with E-state index in [0.29, 0.717) is 6.42 Å². The van der Waals surface area contributed by atoms with Crippen molar-refractivity contribution in [2.45, 2.75) is 19.8 Å². The molecule has 1 saturated heterocycles. The smallest absolute Gasteiger partial charge is 0.240 e. The van der Waals surface area contributed by atoms with Gasteiger partial charge in [-0.3, -0.25) is 15.2 Å². The molecule has 1 amide bonds. The first-order chi connectivity index (χ1) is 6.79. The van der Waals surface area contributed by atoms with Crippen LogP contribution < -0.4 is 10.4 Å². The van der Waals surface area contributed by atoms with Crippen LogP contribution in [0, 0.1) is 0 Å². The summed E-state index contributed by atoms with van der Waals surface area (Å²) in [6, 6.07) is 8.29. The van der Waals surface area contributed by atoms with Crippen molar-refractivity contribution >= 4 is 11.6 Å². The molecule has 74 valence electrons. The standard InChI is InChI=1S/C11H14N2O/c1-2-9-3-5-10(6-4-9)13-8-7-11(14)12-13/h3-6H,2,7-8H2,1H3,(H,12,14). The number of rotatable bonds is 2. The lowest BCUT2D eigenvalue weighted by Gasteiger charge is -2.17. The molecule has 0 radical (unpaired) electrons. The van der Waals surface area contributed by atoms with Crippen LogP contribution in [-0.2, 0) is 11.2 Å². The van der Waals surface area contributed by atoms with E-state index in [1.165, 1.54) is 5.56 Å². The molecule has 1 aliphatic heterocycles. The third-order valence-corrected chi connectivity index (χ3v) is 2.48. The van der Waals surface area contributed by atoms with Crippen LogP contribution in [0.25, 0.3) is 0 Å². The van der Waals surface area contributed by atoms with E-state index in [4.69, 9.17) is 0 Å². The van der Waals surface area contributed by atoms with Gasteiger partial charge in [0.1, 0.15) is 0 Å². The highest BCUT2D eigenvalue weighted by atomic mass is 16.2. The van der Waals surface area contributed by atoms with Crippen molar-refractivity contribution in [3.8, 4) is 0 Å². The third kappa shape index (κ3) is 1.71. The van der Waals surface area contributed by atoms with Crippen LogP contribution in [0.2, 0.25) is 0 Å². The molecule has 14 heavy (non-hydrogen) atoms. The molecule has 1 aromatic rings. The molecule has 1 heterocycles. The average molecular weight is 190 g/mol. The van der Waals surface area contributed by atoms with Gasteiger partial charge >= 0.3 is 0 Å². The molecule has 0 spiro atoms. The Balaban J connectivity index is 2.13. The minimum atomic E-state index is 0.101. The summed E-state index contributed by atoms with van der Waals surface area (Å²) in [4.78, 5) is 11.0. The summed E-state index contributed by atoms with van der Waals surface area (Å²) >= 11 is 0. The number of nitrogens with one attached hydrogen (secondary N) is 1. The number of anilines is 1.